The predicted molar refractivity (Wildman–Crippen MR) is 98.9 cm³/mol. The summed E-state index contributed by atoms with van der Waals surface area (Å²) < 4.78 is 37.5. The van der Waals surface area contributed by atoms with Crippen LogP contribution in [0.4, 0.5) is 5.95 Å². The Bertz CT molecular complexity index is 1170. The van der Waals surface area contributed by atoms with E-state index in [2.05, 4.69) is 33.8 Å². The average Bonchev–Trinajstić information content (AvgIpc) is 3.17. The molecule has 0 bridgehead atoms. The smallest absolute Gasteiger partial charge is 0.388 e. The summed E-state index contributed by atoms with van der Waals surface area (Å²) >= 11 is 0. The largest absolute Gasteiger partial charge is 0.481 e. The van der Waals surface area contributed by atoms with Crippen molar-refractivity contribution >= 4 is 32.8 Å². The molecule has 0 saturated carbocycles. The van der Waals surface area contributed by atoms with E-state index in [0.29, 0.717) is 0 Å². The van der Waals surface area contributed by atoms with Crippen LogP contribution in [0.15, 0.2) is 16.2 Å². The first kappa shape index (κ1) is 23.3. The topological polar surface area (TPSA) is 281 Å². The summed E-state index contributed by atoms with van der Waals surface area (Å²) in [5, 5.41) is 14.0. The molecule has 3 heterocycles. The highest BCUT2D eigenvalue weighted by molar-refractivity contribution is 7.60. The molecule has 1 aliphatic heterocycles. The molecule has 2 aromatic heterocycles. The zero-order chi connectivity index (χ0) is 23.0. The Morgan fingerprint density at radius 3 is 2.77 bits per heavy atom. The van der Waals surface area contributed by atoms with Gasteiger partial charge in [0.15, 0.2) is 17.4 Å². The molecule has 3 rings (SSSR count). The summed E-state index contributed by atoms with van der Waals surface area (Å²) in [5.74, 6) is -1.22. The van der Waals surface area contributed by atoms with Gasteiger partial charge in [-0.3, -0.25) is 18.9 Å². The third-order valence-corrected chi connectivity index (χ3v) is 6.37. The second kappa shape index (κ2) is 8.64. The van der Waals surface area contributed by atoms with E-state index in [1.807, 2.05) is 0 Å². The van der Waals surface area contributed by atoms with E-state index in [0.717, 1.165) is 6.33 Å². The Morgan fingerprint density at radius 2 is 2.13 bits per heavy atom. The Balaban J connectivity index is 1.88. The van der Waals surface area contributed by atoms with Gasteiger partial charge < -0.3 is 30.3 Å². The Hall–Kier alpha value is -2.36. The van der Waals surface area contributed by atoms with Gasteiger partial charge in [0.05, 0.1) is 19.0 Å². The zero-order valence-electron chi connectivity index (χ0n) is 15.2. The lowest BCUT2D eigenvalue weighted by molar-refractivity contribution is -0.0486. The second-order valence-electron chi connectivity index (χ2n) is 6.24. The quantitative estimate of drug-likeness (QED) is 0.115. The summed E-state index contributed by atoms with van der Waals surface area (Å²) in [6.07, 6.45) is -2.73. The first-order valence-corrected chi connectivity index (χ1v) is 11.3. The SMILES string of the molecule is [N-]=[N+]=NC[C@H]1[C@@H](O)[C@H](n2cnc3c(=O)[nH]c(N)nc32)O[C@@H]1COP(=O)(O)OP(=O)(O)O. The van der Waals surface area contributed by atoms with Crippen molar-refractivity contribution in [3.63, 3.8) is 0 Å². The lowest BCUT2D eigenvalue weighted by atomic mass is 9.98. The number of fused-ring (bicyclic) bond motifs is 1. The first-order chi connectivity index (χ1) is 14.4. The van der Waals surface area contributed by atoms with Gasteiger partial charge in [-0.2, -0.15) is 9.29 Å². The van der Waals surface area contributed by atoms with Crippen molar-refractivity contribution in [2.75, 3.05) is 18.9 Å². The van der Waals surface area contributed by atoms with Crippen molar-refractivity contribution in [3.8, 4) is 0 Å². The van der Waals surface area contributed by atoms with E-state index in [-0.39, 0.29) is 23.7 Å². The van der Waals surface area contributed by atoms with Gasteiger partial charge in [0.25, 0.3) is 5.56 Å². The molecule has 1 fully saturated rings. The molecular formula is C11H16N8O10P2. The number of nitrogens with zero attached hydrogens (tertiary/aromatic N) is 6. The van der Waals surface area contributed by atoms with Crippen LogP contribution in [0.2, 0.25) is 0 Å². The Morgan fingerprint density at radius 1 is 1.42 bits per heavy atom. The number of H-pyrrole nitrogens is 1. The number of anilines is 1. The van der Waals surface area contributed by atoms with Crippen molar-refractivity contribution in [1.29, 1.82) is 0 Å². The molecule has 31 heavy (non-hydrogen) atoms. The minimum absolute atomic E-state index is 0.0351. The molecule has 5 atom stereocenters. The second-order valence-corrected chi connectivity index (χ2v) is 9.07. The van der Waals surface area contributed by atoms with Crippen LogP contribution in [-0.2, 0) is 22.7 Å². The fourth-order valence-corrected chi connectivity index (χ4v) is 4.60. The lowest BCUT2D eigenvalue weighted by Crippen LogP contribution is -2.30. The highest BCUT2D eigenvalue weighted by atomic mass is 31.3. The number of hydrogen-bond acceptors (Lipinski definition) is 11. The predicted octanol–water partition coefficient (Wildman–Crippen LogP) is -0.887. The van der Waals surface area contributed by atoms with E-state index in [1.54, 1.807) is 0 Å². The van der Waals surface area contributed by atoms with Gasteiger partial charge in [-0.15, -0.1) is 0 Å². The maximum atomic E-state index is 11.9. The number of hydrogen-bond donors (Lipinski definition) is 6. The number of nitrogens with one attached hydrogen (secondary N) is 1. The summed E-state index contributed by atoms with van der Waals surface area (Å²) in [4.78, 5) is 51.3. The molecule has 0 aromatic carbocycles. The number of nitrogens with two attached hydrogens (primary N) is 1. The number of ether oxygens (including phenoxy) is 1. The van der Waals surface area contributed by atoms with E-state index >= 15 is 0 Å². The van der Waals surface area contributed by atoms with Crippen LogP contribution in [-0.4, -0.2) is 64.7 Å². The highest BCUT2D eigenvalue weighted by Crippen LogP contribution is 2.57. The Kier molecular flexibility index (Phi) is 6.50. The minimum Gasteiger partial charge on any atom is -0.388 e. The van der Waals surface area contributed by atoms with Crippen LogP contribution in [0.25, 0.3) is 21.6 Å². The third-order valence-electron chi connectivity index (χ3n) is 4.21. The molecule has 0 amide bonds. The zero-order valence-corrected chi connectivity index (χ0v) is 17.0. The van der Waals surface area contributed by atoms with E-state index in [4.69, 9.17) is 25.8 Å². The van der Waals surface area contributed by atoms with E-state index in [9.17, 15) is 23.9 Å². The molecule has 0 aliphatic carbocycles. The number of phosphoric acid groups is 2. The van der Waals surface area contributed by atoms with E-state index < -0.39 is 52.2 Å². The molecule has 0 radical (unpaired) electrons. The van der Waals surface area contributed by atoms with Crippen LogP contribution in [0.1, 0.15) is 6.23 Å². The van der Waals surface area contributed by atoms with Crippen LogP contribution in [0.3, 0.4) is 0 Å². The van der Waals surface area contributed by atoms with Gasteiger partial charge >= 0.3 is 15.6 Å². The molecule has 20 heteroatoms. The van der Waals surface area contributed by atoms with Crippen molar-refractivity contribution in [1.82, 2.24) is 19.5 Å². The van der Waals surface area contributed by atoms with Crippen LogP contribution < -0.4 is 11.3 Å². The van der Waals surface area contributed by atoms with Crippen molar-refractivity contribution in [3.05, 3.63) is 27.1 Å². The normalized spacial score (nSPS) is 25.9. The monoisotopic (exact) mass is 482 g/mol. The number of aliphatic hydroxyl groups is 1. The van der Waals surface area contributed by atoms with Crippen molar-refractivity contribution < 1.29 is 42.5 Å². The van der Waals surface area contributed by atoms with Crippen molar-refractivity contribution in [2.45, 2.75) is 18.4 Å². The van der Waals surface area contributed by atoms with Crippen LogP contribution in [0.5, 0.6) is 0 Å². The number of aliphatic hydroxyl groups excluding tert-OH is 1. The standard InChI is InChI=1S/C11H16N8O10P2/c12-11-16-8-6(9(21)17-11)14-3-19(8)10-7(20)4(1-15-18-13)5(28-10)2-27-31(25,26)29-30(22,23)24/h3-5,7,10,20H,1-2H2,(H,25,26)(H2,22,23,24)(H3,12,16,17,21)/t4-,5-,7-,10-/m1/s1. The molecule has 2 aromatic rings. The van der Waals surface area contributed by atoms with Gasteiger partial charge in [-0.05, 0) is 5.53 Å². The molecule has 7 N–H and O–H groups in total. The maximum absolute atomic E-state index is 11.9. The minimum atomic E-state index is -5.34. The molecule has 1 unspecified atom stereocenters. The molecule has 170 valence electrons. The summed E-state index contributed by atoms with van der Waals surface area (Å²) in [7, 11) is -10.5. The summed E-state index contributed by atoms with van der Waals surface area (Å²) in [6.45, 7) is -1.12. The number of phosphoric ester groups is 1. The number of imidazole rings is 1. The van der Waals surface area contributed by atoms with Gasteiger partial charge in [-0.1, -0.05) is 5.11 Å². The number of azide groups is 1. The molecular weight excluding hydrogens is 466 g/mol. The van der Waals surface area contributed by atoms with Gasteiger partial charge in [0, 0.05) is 17.4 Å². The fraction of sp³-hybridized carbons (Fsp3) is 0.545. The molecule has 0 spiro atoms. The number of aromatic nitrogens is 4. The summed E-state index contributed by atoms with van der Waals surface area (Å²) in [5.41, 5.74) is 13.3. The van der Waals surface area contributed by atoms with Crippen LogP contribution >= 0.6 is 15.6 Å². The van der Waals surface area contributed by atoms with Crippen LogP contribution in [0, 0.1) is 5.92 Å². The van der Waals surface area contributed by atoms with Gasteiger partial charge in [0.2, 0.25) is 5.95 Å². The highest BCUT2D eigenvalue weighted by Gasteiger charge is 2.46. The van der Waals surface area contributed by atoms with Gasteiger partial charge in [-0.25, -0.2) is 14.1 Å². The fourth-order valence-electron chi connectivity index (χ4n) is 3.00. The first-order valence-electron chi connectivity index (χ1n) is 8.23. The molecule has 18 nitrogen and oxygen atoms in total. The molecule has 1 aliphatic rings. The van der Waals surface area contributed by atoms with Crippen molar-refractivity contribution in [2.24, 2.45) is 11.0 Å². The number of nitrogen functional groups attached to an aromatic ring is 1. The van der Waals surface area contributed by atoms with Gasteiger partial charge in [0.1, 0.15) is 6.10 Å². The molecule has 1 saturated heterocycles. The van der Waals surface area contributed by atoms with E-state index in [1.165, 1.54) is 4.57 Å². The maximum Gasteiger partial charge on any atom is 0.481 e. The summed E-state index contributed by atoms with van der Waals surface area (Å²) in [6, 6.07) is 0. The number of rotatable bonds is 8. The lowest BCUT2D eigenvalue weighted by Gasteiger charge is -2.19. The Labute approximate surface area is 171 Å². The number of aromatic amines is 1. The third kappa shape index (κ3) is 5.28. The average molecular weight is 482 g/mol.